The molecule has 4 rings (SSSR count). The molecule has 1 fully saturated rings. The molecule has 0 radical (unpaired) electrons. The number of hydrogen-bond donors (Lipinski definition) is 3. The van der Waals surface area contributed by atoms with E-state index in [0.29, 0.717) is 16.8 Å². The third kappa shape index (κ3) is 3.89. The first-order valence-corrected chi connectivity index (χ1v) is 9.90. The molecule has 6 heteroatoms. The molecule has 0 atom stereocenters. The number of nitrogen functional groups attached to an aromatic ring is 1. The summed E-state index contributed by atoms with van der Waals surface area (Å²) in [6, 6.07) is 13.1. The number of nitrogens with two attached hydrogens (primary N) is 1. The Balaban J connectivity index is 1.89. The summed E-state index contributed by atoms with van der Waals surface area (Å²) in [5.74, 6) is 0.0454. The molecular formula is C23H26N4O2. The van der Waals surface area contributed by atoms with Crippen LogP contribution in [-0.2, 0) is 0 Å². The number of hydrogen-bond acceptors (Lipinski definition) is 5. The number of aliphatic imine (C=N–C) groups is 1. The first-order chi connectivity index (χ1) is 13.9. The van der Waals surface area contributed by atoms with Gasteiger partial charge in [0, 0.05) is 27.7 Å². The van der Waals surface area contributed by atoms with Crippen molar-refractivity contribution in [2.45, 2.75) is 25.8 Å². The number of nitrogens with one attached hydrogen (secondary N) is 1. The lowest BCUT2D eigenvalue weighted by atomic mass is 9.97. The largest absolute Gasteiger partial charge is 0.494 e. The van der Waals surface area contributed by atoms with Crippen molar-refractivity contribution in [1.82, 2.24) is 9.88 Å². The van der Waals surface area contributed by atoms with Gasteiger partial charge in [0.15, 0.2) is 11.7 Å². The van der Waals surface area contributed by atoms with Gasteiger partial charge in [0.25, 0.3) is 0 Å². The van der Waals surface area contributed by atoms with Gasteiger partial charge >= 0.3 is 0 Å². The number of piperidine rings is 1. The summed E-state index contributed by atoms with van der Waals surface area (Å²) in [4.78, 5) is 22.3. The lowest BCUT2D eigenvalue weighted by Gasteiger charge is -2.27. The van der Waals surface area contributed by atoms with E-state index in [9.17, 15) is 9.90 Å². The van der Waals surface area contributed by atoms with Gasteiger partial charge in [0.2, 0.25) is 0 Å². The van der Waals surface area contributed by atoms with Crippen LogP contribution in [0.1, 0.15) is 41.3 Å². The Bertz CT molecular complexity index is 1070. The first-order valence-electron chi connectivity index (χ1n) is 9.90. The number of aromatic amines is 1. The van der Waals surface area contributed by atoms with Gasteiger partial charge in [0.05, 0.1) is 17.3 Å². The predicted octanol–water partition coefficient (Wildman–Crippen LogP) is 3.59. The third-order valence-corrected chi connectivity index (χ3v) is 5.61. The number of carbonyl (C=O) groups is 1. The quantitative estimate of drug-likeness (QED) is 0.360. The molecular weight excluding hydrogens is 364 g/mol. The number of aromatic nitrogens is 1. The van der Waals surface area contributed by atoms with Crippen LogP contribution >= 0.6 is 0 Å². The maximum Gasteiger partial charge on any atom is 0.199 e. The van der Waals surface area contributed by atoms with Gasteiger partial charge in [-0.1, -0.05) is 12.1 Å². The van der Waals surface area contributed by atoms with Gasteiger partial charge < -0.3 is 20.7 Å². The van der Waals surface area contributed by atoms with Gasteiger partial charge in [-0.3, -0.25) is 9.79 Å². The Morgan fingerprint density at radius 1 is 1.14 bits per heavy atom. The number of H-pyrrole nitrogens is 1. The van der Waals surface area contributed by atoms with Crippen molar-refractivity contribution in [3.05, 3.63) is 59.2 Å². The minimum Gasteiger partial charge on any atom is -0.494 e. The lowest BCUT2D eigenvalue weighted by Crippen LogP contribution is -2.32. The highest BCUT2D eigenvalue weighted by Gasteiger charge is 2.22. The summed E-state index contributed by atoms with van der Waals surface area (Å²) >= 11 is 0. The molecule has 2 heterocycles. The zero-order valence-electron chi connectivity index (χ0n) is 16.8. The summed E-state index contributed by atoms with van der Waals surface area (Å²) < 4.78 is 0. The zero-order chi connectivity index (χ0) is 20.5. The van der Waals surface area contributed by atoms with E-state index in [2.05, 4.69) is 16.9 Å². The number of benzene rings is 2. The van der Waals surface area contributed by atoms with Gasteiger partial charge in [-0.05, 0) is 70.2 Å². The number of ketones is 1. The Kier molecular flexibility index (Phi) is 5.11. The van der Waals surface area contributed by atoms with Gasteiger partial charge in [-0.25, -0.2) is 0 Å². The monoisotopic (exact) mass is 390 g/mol. The van der Waals surface area contributed by atoms with E-state index in [0.717, 1.165) is 48.1 Å². The van der Waals surface area contributed by atoms with E-state index < -0.39 is 0 Å². The lowest BCUT2D eigenvalue weighted by molar-refractivity contribution is 0.101. The summed E-state index contributed by atoms with van der Waals surface area (Å²) in [5.41, 5.74) is 10.2. The predicted molar refractivity (Wildman–Crippen MR) is 117 cm³/mol. The molecule has 0 spiro atoms. The highest BCUT2D eigenvalue weighted by Crippen LogP contribution is 2.32. The van der Waals surface area contributed by atoms with E-state index in [-0.39, 0.29) is 17.7 Å². The molecule has 1 aliphatic rings. The van der Waals surface area contributed by atoms with Crippen LogP contribution in [0, 0.1) is 0 Å². The molecule has 1 saturated heterocycles. The number of anilines is 1. The summed E-state index contributed by atoms with van der Waals surface area (Å²) in [7, 11) is 2.12. The molecule has 0 aliphatic carbocycles. The fourth-order valence-electron chi connectivity index (χ4n) is 3.87. The number of fused-ring (bicyclic) bond motifs is 1. The molecule has 3 aromatic rings. The van der Waals surface area contributed by atoms with Crippen LogP contribution < -0.4 is 5.73 Å². The molecule has 0 amide bonds. The average molecular weight is 390 g/mol. The molecule has 4 N–H and O–H groups in total. The second kappa shape index (κ2) is 7.72. The van der Waals surface area contributed by atoms with Crippen LogP contribution in [0.15, 0.2) is 47.5 Å². The van der Waals surface area contributed by atoms with Crippen molar-refractivity contribution in [3.8, 4) is 5.88 Å². The number of nitrogens with zero attached hydrogens (tertiary/aromatic N) is 2. The third-order valence-electron chi connectivity index (χ3n) is 5.61. The minimum absolute atomic E-state index is 0.0140. The molecule has 0 unspecified atom stereocenters. The maximum atomic E-state index is 11.9. The summed E-state index contributed by atoms with van der Waals surface area (Å²) in [6.45, 7) is 3.54. The fourth-order valence-corrected chi connectivity index (χ4v) is 3.87. The van der Waals surface area contributed by atoms with E-state index in [4.69, 9.17) is 10.7 Å². The molecule has 1 aliphatic heterocycles. The Hall–Kier alpha value is -3.12. The van der Waals surface area contributed by atoms with Crippen molar-refractivity contribution >= 4 is 28.1 Å². The van der Waals surface area contributed by atoms with Crippen LogP contribution in [0.3, 0.4) is 0 Å². The van der Waals surface area contributed by atoms with E-state index in [1.54, 1.807) is 13.0 Å². The smallest absolute Gasteiger partial charge is 0.199 e. The van der Waals surface area contributed by atoms with E-state index in [1.807, 2.05) is 36.4 Å². The molecule has 0 saturated carbocycles. The highest BCUT2D eigenvalue weighted by atomic mass is 16.3. The Labute approximate surface area is 170 Å². The number of rotatable bonds is 4. The zero-order valence-corrected chi connectivity index (χ0v) is 16.8. The summed E-state index contributed by atoms with van der Waals surface area (Å²) in [5, 5.41) is 11.6. The van der Waals surface area contributed by atoms with Crippen molar-refractivity contribution in [3.63, 3.8) is 0 Å². The number of likely N-dealkylation sites (tertiary alicyclic amines) is 1. The van der Waals surface area contributed by atoms with E-state index >= 15 is 0 Å². The van der Waals surface area contributed by atoms with Crippen LogP contribution in [0.2, 0.25) is 0 Å². The second-order valence-corrected chi connectivity index (χ2v) is 7.80. The normalized spacial score (nSPS) is 16.4. The topological polar surface area (TPSA) is 94.7 Å². The van der Waals surface area contributed by atoms with Crippen LogP contribution in [0.5, 0.6) is 5.88 Å². The maximum absolute atomic E-state index is 11.9. The van der Waals surface area contributed by atoms with Crippen LogP contribution in [0.4, 0.5) is 5.69 Å². The number of Topliss-reactive ketones (excluding diaryl/α,β-unsaturated/α-hetero) is 1. The standard InChI is InChI=1S/C23H26N4O2/c1-14(28)16-5-8-20-19(13-16)21(23(29)26-20)22(15-3-6-17(24)7-4-15)25-18-9-11-27(2)12-10-18/h3-8,13,18,26,29H,9-12,24H2,1-2H3. The van der Waals surface area contributed by atoms with Crippen LogP contribution in [-0.4, -0.2) is 52.7 Å². The first kappa shape index (κ1) is 19.2. The molecule has 29 heavy (non-hydrogen) atoms. The number of carbonyl (C=O) groups excluding carboxylic acids is 1. The molecule has 0 bridgehead atoms. The van der Waals surface area contributed by atoms with Gasteiger partial charge in [-0.2, -0.15) is 0 Å². The van der Waals surface area contributed by atoms with Gasteiger partial charge in [-0.15, -0.1) is 0 Å². The van der Waals surface area contributed by atoms with E-state index in [1.165, 1.54) is 0 Å². The number of aromatic hydroxyl groups is 1. The average Bonchev–Trinajstić information content (AvgIpc) is 3.03. The molecule has 6 nitrogen and oxygen atoms in total. The van der Waals surface area contributed by atoms with Crippen LogP contribution in [0.25, 0.3) is 10.9 Å². The second-order valence-electron chi connectivity index (χ2n) is 7.80. The summed E-state index contributed by atoms with van der Waals surface area (Å²) in [6.07, 6.45) is 1.94. The SMILES string of the molecule is CC(=O)c1ccc2[nH]c(O)c(C(=NC3CCN(C)CC3)c3ccc(N)cc3)c2c1. The Morgan fingerprint density at radius 2 is 1.79 bits per heavy atom. The van der Waals surface area contributed by atoms with Gasteiger partial charge in [0.1, 0.15) is 0 Å². The van der Waals surface area contributed by atoms with Crippen molar-refractivity contribution in [2.75, 3.05) is 25.9 Å². The molecule has 1 aromatic heterocycles. The van der Waals surface area contributed by atoms with Crippen molar-refractivity contribution < 1.29 is 9.90 Å². The van der Waals surface area contributed by atoms with Crippen molar-refractivity contribution in [2.24, 2.45) is 4.99 Å². The van der Waals surface area contributed by atoms with Crippen molar-refractivity contribution in [1.29, 1.82) is 0 Å². The molecule has 150 valence electrons. The minimum atomic E-state index is -0.0140. The molecule has 2 aromatic carbocycles. The Morgan fingerprint density at radius 3 is 2.45 bits per heavy atom. The fraction of sp³-hybridized carbons (Fsp3) is 0.304. The highest BCUT2D eigenvalue weighted by molar-refractivity contribution is 6.21.